The van der Waals surface area contributed by atoms with Crippen molar-refractivity contribution in [2.75, 3.05) is 25.0 Å². The van der Waals surface area contributed by atoms with E-state index in [-0.39, 0.29) is 29.4 Å². The summed E-state index contributed by atoms with van der Waals surface area (Å²) in [5.41, 5.74) is 12.5. The molecule has 1 spiro atoms. The van der Waals surface area contributed by atoms with Crippen LogP contribution < -0.4 is 26.8 Å². The Hall–Kier alpha value is -2.94. The molecule has 0 aromatic carbocycles. The number of rotatable bonds is 9. The number of carbonyl (C=O) groups is 1. The predicted octanol–water partition coefficient (Wildman–Crippen LogP) is 2.93. The summed E-state index contributed by atoms with van der Waals surface area (Å²) in [5.74, 6) is 7.17. The molecule has 4 rings (SSSR count). The number of thioether (sulfide) groups is 1. The lowest BCUT2D eigenvalue weighted by Crippen LogP contribution is -2.27. The number of ether oxygens (including phenoxy) is 1. The third kappa shape index (κ3) is 5.41. The molecule has 0 bridgehead atoms. The molecule has 0 aliphatic heterocycles. The molecule has 180 valence electrons. The number of nitrogens with two attached hydrogens (primary N) is 2. The highest BCUT2D eigenvalue weighted by atomic mass is 32.2. The number of carbonyl (C=O) groups excluding carboxylic acids is 1. The molecule has 2 atom stereocenters. The Morgan fingerprint density at radius 2 is 2.12 bits per heavy atom. The zero-order valence-electron chi connectivity index (χ0n) is 18.6. The Morgan fingerprint density at radius 3 is 2.76 bits per heavy atom. The number of halogens is 2. The first kappa shape index (κ1) is 24.2. The second-order valence-corrected chi connectivity index (χ2v) is 9.38. The fourth-order valence-corrected chi connectivity index (χ4v) is 4.34. The topological polar surface area (TPSA) is 128 Å². The minimum atomic E-state index is -2.78. The Morgan fingerprint density at radius 1 is 1.32 bits per heavy atom. The van der Waals surface area contributed by atoms with Gasteiger partial charge in [0.05, 0.1) is 31.4 Å². The van der Waals surface area contributed by atoms with Gasteiger partial charge >= 0.3 is 0 Å². The van der Waals surface area contributed by atoms with E-state index in [4.69, 9.17) is 16.2 Å². The molecule has 0 radical (unpaired) electrons. The minimum absolute atomic E-state index is 0.104. The Labute approximate surface area is 200 Å². The fourth-order valence-electron chi connectivity index (χ4n) is 3.79. The molecular formula is C23H26F2N6O2S. The monoisotopic (exact) mass is 488 g/mol. The summed E-state index contributed by atoms with van der Waals surface area (Å²) < 4.78 is 31.8. The smallest absolute Gasteiger partial charge is 0.280 e. The summed E-state index contributed by atoms with van der Waals surface area (Å²) in [6.07, 6.45) is 3.53. The van der Waals surface area contributed by atoms with Crippen LogP contribution in [0, 0.1) is 23.2 Å². The zero-order valence-corrected chi connectivity index (χ0v) is 19.4. The molecule has 2 aromatic rings. The van der Waals surface area contributed by atoms with E-state index in [1.54, 1.807) is 0 Å². The quantitative estimate of drug-likeness (QED) is 0.313. The maximum absolute atomic E-state index is 13.3. The van der Waals surface area contributed by atoms with Crippen molar-refractivity contribution in [2.45, 2.75) is 31.1 Å². The average Bonchev–Trinajstić information content (AvgIpc) is 3.76. The summed E-state index contributed by atoms with van der Waals surface area (Å²) in [6.45, 7) is 0.104. The third-order valence-corrected chi connectivity index (χ3v) is 6.82. The molecule has 34 heavy (non-hydrogen) atoms. The zero-order chi connectivity index (χ0) is 24.3. The predicted molar refractivity (Wildman–Crippen MR) is 127 cm³/mol. The fraction of sp³-hybridized carbons (Fsp3) is 0.435. The molecule has 8 nitrogen and oxygen atoms in total. The van der Waals surface area contributed by atoms with E-state index in [1.807, 2.05) is 0 Å². The van der Waals surface area contributed by atoms with E-state index in [2.05, 4.69) is 32.4 Å². The first-order valence-electron chi connectivity index (χ1n) is 10.8. The van der Waals surface area contributed by atoms with E-state index in [0.717, 1.165) is 0 Å². The van der Waals surface area contributed by atoms with Crippen molar-refractivity contribution in [3.63, 3.8) is 0 Å². The third-order valence-electron chi connectivity index (χ3n) is 6.03. The van der Waals surface area contributed by atoms with Crippen LogP contribution in [0.15, 0.2) is 24.5 Å². The van der Waals surface area contributed by atoms with E-state index in [0.29, 0.717) is 22.7 Å². The van der Waals surface area contributed by atoms with Gasteiger partial charge in [0.25, 0.3) is 12.3 Å². The number of nitrogens with zero attached hydrogens (tertiary/aromatic N) is 2. The summed E-state index contributed by atoms with van der Waals surface area (Å²) in [6, 6.07) is 2.70. The number of aromatic nitrogens is 2. The van der Waals surface area contributed by atoms with Crippen LogP contribution in [0.4, 0.5) is 14.6 Å². The highest BCUT2D eigenvalue weighted by Gasteiger charge is 2.62. The number of amides is 1. The van der Waals surface area contributed by atoms with Crippen molar-refractivity contribution in [1.82, 2.24) is 15.3 Å². The summed E-state index contributed by atoms with van der Waals surface area (Å²) in [4.78, 5) is 21.0. The van der Waals surface area contributed by atoms with Gasteiger partial charge in [-0.2, -0.15) is 0 Å². The largest absolute Gasteiger partial charge is 0.494 e. The van der Waals surface area contributed by atoms with E-state index >= 15 is 0 Å². The van der Waals surface area contributed by atoms with Gasteiger partial charge in [0.15, 0.2) is 0 Å². The van der Waals surface area contributed by atoms with Crippen LogP contribution >= 0.6 is 11.8 Å². The normalized spacial score (nSPS) is 18.1. The minimum Gasteiger partial charge on any atom is -0.494 e. The lowest BCUT2D eigenvalue weighted by molar-refractivity contribution is 0.0961. The second kappa shape index (κ2) is 10.1. The highest BCUT2D eigenvalue weighted by Crippen LogP contribution is 2.70. The molecule has 2 aromatic heterocycles. The maximum Gasteiger partial charge on any atom is 0.280 e. The van der Waals surface area contributed by atoms with Crippen molar-refractivity contribution < 1.29 is 18.3 Å². The maximum atomic E-state index is 13.3. The van der Waals surface area contributed by atoms with Gasteiger partial charge < -0.3 is 26.8 Å². The molecule has 2 aliphatic carbocycles. The number of hydrogen-bond acceptors (Lipinski definition) is 8. The van der Waals surface area contributed by atoms with Gasteiger partial charge in [-0.3, -0.25) is 9.78 Å². The van der Waals surface area contributed by atoms with Crippen molar-refractivity contribution in [3.05, 3.63) is 35.8 Å². The van der Waals surface area contributed by atoms with Crippen LogP contribution in [0.2, 0.25) is 0 Å². The van der Waals surface area contributed by atoms with Crippen LogP contribution in [-0.2, 0) is 0 Å². The van der Waals surface area contributed by atoms with Crippen molar-refractivity contribution in [3.8, 4) is 28.7 Å². The number of pyridine rings is 2. The van der Waals surface area contributed by atoms with Crippen LogP contribution in [0.5, 0.6) is 5.75 Å². The molecule has 0 saturated heterocycles. The molecule has 2 heterocycles. The Kier molecular flexibility index (Phi) is 7.21. The Balaban J connectivity index is 1.51. The first-order chi connectivity index (χ1) is 16.4. The summed E-state index contributed by atoms with van der Waals surface area (Å²) in [7, 11) is 1.39. The van der Waals surface area contributed by atoms with Crippen LogP contribution in [-0.4, -0.2) is 40.9 Å². The average molecular weight is 489 g/mol. The molecular weight excluding hydrogens is 462 g/mol. The van der Waals surface area contributed by atoms with Gasteiger partial charge in [0, 0.05) is 23.2 Å². The highest BCUT2D eigenvalue weighted by molar-refractivity contribution is 8.00. The van der Waals surface area contributed by atoms with Gasteiger partial charge in [-0.25, -0.2) is 13.8 Å². The SMILES string of the molecule is COc1cnc(C(F)F)cc1-c1cnc(NCN)cc1C(=O)NCSC(N)C#CC1CC12CC2. The summed E-state index contributed by atoms with van der Waals surface area (Å²) in [5, 5.41) is 5.22. The number of hydrogen-bond donors (Lipinski definition) is 4. The van der Waals surface area contributed by atoms with Crippen molar-refractivity contribution in [1.29, 1.82) is 0 Å². The lowest BCUT2D eigenvalue weighted by atomic mass is 10.0. The molecule has 1 amide bonds. The van der Waals surface area contributed by atoms with Gasteiger partial charge in [-0.05, 0) is 36.8 Å². The second-order valence-electron chi connectivity index (χ2n) is 8.25. The van der Waals surface area contributed by atoms with Gasteiger partial charge in [-0.1, -0.05) is 11.8 Å². The van der Waals surface area contributed by atoms with Crippen molar-refractivity contribution in [2.24, 2.45) is 22.8 Å². The van der Waals surface area contributed by atoms with E-state index in [9.17, 15) is 13.6 Å². The molecule has 6 N–H and O–H groups in total. The first-order valence-corrected chi connectivity index (χ1v) is 11.8. The number of nitrogens with one attached hydrogen (secondary N) is 2. The van der Waals surface area contributed by atoms with E-state index in [1.165, 1.54) is 62.7 Å². The van der Waals surface area contributed by atoms with Crippen LogP contribution in [0.3, 0.4) is 0 Å². The van der Waals surface area contributed by atoms with Gasteiger partial charge in [0.2, 0.25) is 0 Å². The number of alkyl halides is 2. The van der Waals surface area contributed by atoms with Crippen LogP contribution in [0.25, 0.3) is 11.1 Å². The van der Waals surface area contributed by atoms with Gasteiger partial charge in [0.1, 0.15) is 22.6 Å². The number of anilines is 1. The standard InChI is InChI=1S/C23H26F2N6O2S/c1-33-18-10-28-17(21(24)25)6-14(18)16-9-29-20(30-11-26)7-15(16)22(32)31-12-34-19(27)3-2-13-8-23(13)4-5-23/h6-7,9-10,13,19,21H,4-5,8,11-12,26-27H2,1H3,(H,29,30)(H,31,32). The van der Waals surface area contributed by atoms with Gasteiger partial charge in [-0.15, -0.1) is 11.8 Å². The molecule has 2 aliphatic rings. The van der Waals surface area contributed by atoms with Crippen molar-refractivity contribution >= 4 is 23.5 Å². The lowest BCUT2D eigenvalue weighted by Gasteiger charge is -2.15. The summed E-state index contributed by atoms with van der Waals surface area (Å²) >= 11 is 1.31. The van der Waals surface area contributed by atoms with E-state index < -0.39 is 23.4 Å². The molecule has 2 fully saturated rings. The van der Waals surface area contributed by atoms with Crippen LogP contribution in [0.1, 0.15) is 41.7 Å². The molecule has 2 unspecified atom stereocenters. The Bertz CT molecular complexity index is 1130. The number of methoxy groups -OCH3 is 1. The molecule has 2 saturated carbocycles. The molecule has 11 heteroatoms.